The molecule has 2 heterocycles. The monoisotopic (exact) mass is 362 g/mol. The average Bonchev–Trinajstić information content (AvgIpc) is 3.02. The molecule has 3 N–H and O–H groups in total. The van der Waals surface area contributed by atoms with Gasteiger partial charge in [0.2, 0.25) is 11.8 Å². The minimum Gasteiger partial charge on any atom is -0.349 e. The second-order valence-electron chi connectivity index (χ2n) is 7.10. The number of nitrogens with one attached hydrogen (secondary N) is 3. The van der Waals surface area contributed by atoms with Crippen LogP contribution in [0.25, 0.3) is 11.0 Å². The van der Waals surface area contributed by atoms with E-state index in [9.17, 15) is 9.59 Å². The van der Waals surface area contributed by atoms with Gasteiger partial charge in [0.05, 0.1) is 23.5 Å². The van der Waals surface area contributed by atoms with Crippen LogP contribution in [0.1, 0.15) is 41.4 Å². The number of rotatable bonds is 4. The number of aromatic amines is 1. The van der Waals surface area contributed by atoms with E-state index in [1.807, 2.05) is 24.3 Å². The largest absolute Gasteiger partial charge is 0.349 e. The lowest BCUT2D eigenvalue weighted by Crippen LogP contribution is -2.35. The van der Waals surface area contributed by atoms with Crippen LogP contribution in [0.15, 0.2) is 36.4 Å². The van der Waals surface area contributed by atoms with Crippen LogP contribution in [-0.4, -0.2) is 21.8 Å². The molecule has 1 atom stereocenters. The Bertz CT molecular complexity index is 999. The average molecular weight is 362 g/mol. The summed E-state index contributed by atoms with van der Waals surface area (Å²) in [6.45, 7) is 4.13. The van der Waals surface area contributed by atoms with Gasteiger partial charge in [-0.25, -0.2) is 4.98 Å². The van der Waals surface area contributed by atoms with Crippen LogP contribution in [0.5, 0.6) is 0 Å². The van der Waals surface area contributed by atoms with Gasteiger partial charge in [0.15, 0.2) is 0 Å². The number of imidazole rings is 1. The highest BCUT2D eigenvalue weighted by Crippen LogP contribution is 2.30. The van der Waals surface area contributed by atoms with Gasteiger partial charge in [-0.15, -0.1) is 0 Å². The van der Waals surface area contributed by atoms with Gasteiger partial charge in [0, 0.05) is 18.5 Å². The first-order valence-corrected chi connectivity index (χ1v) is 9.13. The second-order valence-corrected chi connectivity index (χ2v) is 7.10. The third kappa shape index (κ3) is 3.56. The van der Waals surface area contributed by atoms with Gasteiger partial charge in [-0.1, -0.05) is 18.2 Å². The maximum absolute atomic E-state index is 12.4. The molecule has 2 amide bonds. The number of para-hydroxylation sites is 1. The van der Waals surface area contributed by atoms with Gasteiger partial charge in [-0.05, 0) is 48.7 Å². The molecule has 0 spiro atoms. The topological polar surface area (TPSA) is 86.9 Å². The number of amides is 2. The highest BCUT2D eigenvalue weighted by Gasteiger charge is 2.25. The third-order valence-corrected chi connectivity index (χ3v) is 5.07. The molecule has 6 heteroatoms. The standard InChI is InChI=1S/C21H22N4O2/c1-12-9-17-18(10-13(12)2)23-19(22-17)7-8-20(26)25-16-11-21(27)24-15-6-4-3-5-14(15)16/h3-6,9-10,16H,7-8,11H2,1-2H3,(H,22,23)(H,24,27)(H,25,26). The number of aryl methyl sites for hydroxylation is 3. The maximum atomic E-state index is 12.4. The molecule has 1 aliphatic heterocycles. The molecule has 1 aromatic heterocycles. The summed E-state index contributed by atoms with van der Waals surface area (Å²) in [5.74, 6) is 0.631. The van der Waals surface area contributed by atoms with Crippen molar-refractivity contribution in [3.05, 3.63) is 58.9 Å². The summed E-state index contributed by atoms with van der Waals surface area (Å²) in [6.07, 6.45) is 1.10. The lowest BCUT2D eigenvalue weighted by Gasteiger charge is -2.26. The molecule has 0 fully saturated rings. The van der Waals surface area contributed by atoms with E-state index in [-0.39, 0.29) is 24.3 Å². The summed E-state index contributed by atoms with van der Waals surface area (Å²) in [7, 11) is 0. The van der Waals surface area contributed by atoms with Crippen LogP contribution >= 0.6 is 0 Å². The number of benzene rings is 2. The predicted molar refractivity (Wildman–Crippen MR) is 104 cm³/mol. The minimum atomic E-state index is -0.288. The molecule has 4 rings (SSSR count). The van der Waals surface area contributed by atoms with Crippen LogP contribution in [0, 0.1) is 13.8 Å². The molecule has 6 nitrogen and oxygen atoms in total. The lowest BCUT2D eigenvalue weighted by atomic mass is 9.97. The molecular weight excluding hydrogens is 340 g/mol. The van der Waals surface area contributed by atoms with Gasteiger partial charge >= 0.3 is 0 Å². The zero-order chi connectivity index (χ0) is 19.0. The van der Waals surface area contributed by atoms with E-state index in [1.54, 1.807) is 0 Å². The zero-order valence-electron chi connectivity index (χ0n) is 15.4. The Morgan fingerprint density at radius 1 is 1.22 bits per heavy atom. The smallest absolute Gasteiger partial charge is 0.226 e. The lowest BCUT2D eigenvalue weighted by molar-refractivity contribution is -0.122. The Hall–Kier alpha value is -3.15. The van der Waals surface area contributed by atoms with Crippen molar-refractivity contribution in [3.63, 3.8) is 0 Å². The molecule has 0 radical (unpaired) electrons. The summed E-state index contributed by atoms with van der Waals surface area (Å²) in [4.78, 5) is 32.2. The van der Waals surface area contributed by atoms with Crippen LogP contribution in [0.2, 0.25) is 0 Å². The van der Waals surface area contributed by atoms with Crippen molar-refractivity contribution < 1.29 is 9.59 Å². The van der Waals surface area contributed by atoms with E-state index in [0.29, 0.717) is 12.8 Å². The Balaban J connectivity index is 1.42. The van der Waals surface area contributed by atoms with Gasteiger partial charge < -0.3 is 15.6 Å². The van der Waals surface area contributed by atoms with Gasteiger partial charge in [-0.2, -0.15) is 0 Å². The van der Waals surface area contributed by atoms with Crippen molar-refractivity contribution in [3.8, 4) is 0 Å². The maximum Gasteiger partial charge on any atom is 0.226 e. The van der Waals surface area contributed by atoms with E-state index >= 15 is 0 Å². The van der Waals surface area contributed by atoms with Gasteiger partial charge in [0.25, 0.3) is 0 Å². The number of hydrogen-bond acceptors (Lipinski definition) is 3. The Morgan fingerprint density at radius 3 is 2.85 bits per heavy atom. The van der Waals surface area contributed by atoms with E-state index in [2.05, 4.69) is 46.6 Å². The van der Waals surface area contributed by atoms with Crippen LogP contribution in [0.3, 0.4) is 0 Å². The van der Waals surface area contributed by atoms with Crippen LogP contribution in [0.4, 0.5) is 5.69 Å². The molecule has 0 saturated carbocycles. The highest BCUT2D eigenvalue weighted by molar-refractivity contribution is 5.95. The summed E-state index contributed by atoms with van der Waals surface area (Å²) in [5, 5.41) is 5.83. The molecule has 138 valence electrons. The van der Waals surface area contributed by atoms with E-state index < -0.39 is 0 Å². The SMILES string of the molecule is Cc1cc2nc(CCC(=O)NC3CC(=O)Nc4ccccc43)[nH]c2cc1C. The number of anilines is 1. The molecule has 1 unspecified atom stereocenters. The number of hydrogen-bond donors (Lipinski definition) is 3. The van der Waals surface area contributed by atoms with E-state index in [4.69, 9.17) is 0 Å². The molecule has 2 aromatic carbocycles. The third-order valence-electron chi connectivity index (χ3n) is 5.07. The van der Waals surface area contributed by atoms with Crippen molar-refractivity contribution in [2.45, 2.75) is 39.2 Å². The molecule has 0 bridgehead atoms. The van der Waals surface area contributed by atoms with Crippen molar-refractivity contribution in [1.82, 2.24) is 15.3 Å². The fourth-order valence-corrected chi connectivity index (χ4v) is 3.48. The zero-order valence-corrected chi connectivity index (χ0v) is 15.4. The van der Waals surface area contributed by atoms with Crippen molar-refractivity contribution in [1.29, 1.82) is 0 Å². The molecule has 1 aliphatic rings. The van der Waals surface area contributed by atoms with E-state index in [0.717, 1.165) is 28.1 Å². The number of carbonyl (C=O) groups excluding carboxylic acids is 2. The number of carbonyl (C=O) groups is 2. The van der Waals surface area contributed by atoms with Crippen LogP contribution in [-0.2, 0) is 16.0 Å². The number of aromatic nitrogens is 2. The van der Waals surface area contributed by atoms with E-state index in [1.165, 1.54) is 11.1 Å². The molecule has 3 aromatic rings. The first kappa shape index (κ1) is 17.3. The van der Waals surface area contributed by atoms with Crippen LogP contribution < -0.4 is 10.6 Å². The quantitative estimate of drug-likeness (QED) is 0.665. The summed E-state index contributed by atoms with van der Waals surface area (Å²) >= 11 is 0. The predicted octanol–water partition coefficient (Wildman–Crippen LogP) is 3.31. The Morgan fingerprint density at radius 2 is 2.00 bits per heavy atom. The van der Waals surface area contributed by atoms with Crippen molar-refractivity contribution >= 4 is 28.5 Å². The fraction of sp³-hybridized carbons (Fsp3) is 0.286. The first-order valence-electron chi connectivity index (χ1n) is 9.13. The molecular formula is C21H22N4O2. The molecule has 27 heavy (non-hydrogen) atoms. The second kappa shape index (κ2) is 6.87. The number of fused-ring (bicyclic) bond motifs is 2. The van der Waals surface area contributed by atoms with Gasteiger partial charge in [0.1, 0.15) is 5.82 Å². The Kier molecular flexibility index (Phi) is 4.39. The summed E-state index contributed by atoms with van der Waals surface area (Å²) in [5.41, 5.74) is 6.04. The summed E-state index contributed by atoms with van der Waals surface area (Å²) in [6, 6.07) is 11.4. The van der Waals surface area contributed by atoms with Crippen molar-refractivity contribution in [2.24, 2.45) is 0 Å². The minimum absolute atomic E-state index is 0.0815. The first-order chi connectivity index (χ1) is 13.0. The fourth-order valence-electron chi connectivity index (χ4n) is 3.48. The number of H-pyrrole nitrogens is 1. The van der Waals surface area contributed by atoms with Crippen molar-refractivity contribution in [2.75, 3.05) is 5.32 Å². The number of nitrogens with zero attached hydrogens (tertiary/aromatic N) is 1. The van der Waals surface area contributed by atoms with Gasteiger partial charge in [-0.3, -0.25) is 9.59 Å². The highest BCUT2D eigenvalue weighted by atomic mass is 16.2. The normalized spacial score (nSPS) is 16.1. The molecule has 0 aliphatic carbocycles. The molecule has 0 saturated heterocycles. The summed E-state index contributed by atoms with van der Waals surface area (Å²) < 4.78 is 0. The Labute approximate surface area is 157 Å².